The third-order valence-electron chi connectivity index (χ3n) is 4.22. The van der Waals surface area contributed by atoms with Crippen LogP contribution < -0.4 is 5.32 Å². The van der Waals surface area contributed by atoms with Crippen LogP contribution in [-0.4, -0.2) is 61.0 Å². The van der Waals surface area contributed by atoms with Gasteiger partial charge in [-0.3, -0.25) is 9.69 Å². The number of hydrogen-bond donors (Lipinski definition) is 1. The molecule has 1 aromatic rings. The number of carbonyl (C=O) groups is 1. The van der Waals surface area contributed by atoms with Crippen molar-refractivity contribution in [2.45, 2.75) is 12.5 Å². The zero-order chi connectivity index (χ0) is 13.9. The Balaban J connectivity index is 0.00000161. The summed E-state index contributed by atoms with van der Waals surface area (Å²) in [5.74, 6) is 0.149. The Morgan fingerprint density at radius 2 is 2.00 bits per heavy atom. The molecule has 0 radical (unpaired) electrons. The van der Waals surface area contributed by atoms with Gasteiger partial charge in [-0.2, -0.15) is 0 Å². The molecule has 0 aromatic heterocycles. The van der Waals surface area contributed by atoms with E-state index in [1.807, 2.05) is 29.2 Å². The van der Waals surface area contributed by atoms with Crippen LogP contribution in [0.2, 0.25) is 0 Å². The number of rotatable bonds is 2. The predicted octanol–water partition coefficient (Wildman–Crippen LogP) is 1.99. The minimum Gasteiger partial charge on any atom is -0.336 e. The van der Waals surface area contributed by atoms with E-state index in [2.05, 4.69) is 26.1 Å². The lowest BCUT2D eigenvalue weighted by atomic mass is 10.1. The van der Waals surface area contributed by atoms with Gasteiger partial charge in [0.15, 0.2) is 0 Å². The van der Waals surface area contributed by atoms with Crippen LogP contribution in [0.15, 0.2) is 28.7 Å². The molecule has 4 nitrogen and oxygen atoms in total. The average molecular weight is 375 g/mol. The minimum atomic E-state index is 0. The largest absolute Gasteiger partial charge is 0.336 e. The van der Waals surface area contributed by atoms with Gasteiger partial charge in [0, 0.05) is 48.8 Å². The smallest absolute Gasteiger partial charge is 0.253 e. The van der Waals surface area contributed by atoms with Crippen molar-refractivity contribution in [3.63, 3.8) is 0 Å². The van der Waals surface area contributed by atoms with Gasteiger partial charge in [0.05, 0.1) is 0 Å². The maximum absolute atomic E-state index is 12.5. The molecule has 1 aromatic carbocycles. The van der Waals surface area contributed by atoms with Crippen LogP contribution in [-0.2, 0) is 0 Å². The van der Waals surface area contributed by atoms with Crippen LogP contribution in [0.4, 0.5) is 0 Å². The van der Waals surface area contributed by atoms with Crippen LogP contribution in [0.5, 0.6) is 0 Å². The monoisotopic (exact) mass is 373 g/mol. The summed E-state index contributed by atoms with van der Waals surface area (Å²) in [5, 5.41) is 3.41. The fourth-order valence-electron chi connectivity index (χ4n) is 3.05. The van der Waals surface area contributed by atoms with Gasteiger partial charge in [0.25, 0.3) is 5.91 Å². The molecule has 2 aliphatic heterocycles. The zero-order valence-corrected chi connectivity index (χ0v) is 14.3. The molecule has 0 saturated carbocycles. The van der Waals surface area contributed by atoms with Gasteiger partial charge >= 0.3 is 0 Å². The summed E-state index contributed by atoms with van der Waals surface area (Å²) in [6.07, 6.45) is 1.24. The average Bonchev–Trinajstić information content (AvgIpc) is 3.01. The first-order chi connectivity index (χ1) is 9.74. The van der Waals surface area contributed by atoms with Gasteiger partial charge in [0.2, 0.25) is 0 Å². The Labute approximate surface area is 140 Å². The van der Waals surface area contributed by atoms with E-state index in [0.717, 1.165) is 49.3 Å². The van der Waals surface area contributed by atoms with Crippen molar-refractivity contribution in [2.75, 3.05) is 39.3 Å². The summed E-state index contributed by atoms with van der Waals surface area (Å²) in [6, 6.07) is 8.31. The lowest BCUT2D eigenvalue weighted by Crippen LogP contribution is -2.52. The Bertz CT molecular complexity index is 486. The normalized spacial score (nSPS) is 22.9. The van der Waals surface area contributed by atoms with Crippen LogP contribution >= 0.6 is 28.3 Å². The number of hydrogen-bond acceptors (Lipinski definition) is 3. The highest BCUT2D eigenvalue weighted by Gasteiger charge is 2.28. The van der Waals surface area contributed by atoms with Crippen molar-refractivity contribution in [3.05, 3.63) is 34.3 Å². The predicted molar refractivity (Wildman–Crippen MR) is 90.1 cm³/mol. The van der Waals surface area contributed by atoms with Crippen LogP contribution in [0.3, 0.4) is 0 Å². The Kier molecular flexibility index (Phi) is 6.05. The minimum absolute atomic E-state index is 0. The molecule has 2 heterocycles. The van der Waals surface area contributed by atoms with Gasteiger partial charge in [-0.25, -0.2) is 0 Å². The second-order valence-electron chi connectivity index (χ2n) is 5.49. The van der Waals surface area contributed by atoms with Crippen molar-refractivity contribution in [3.8, 4) is 0 Å². The molecule has 0 aliphatic carbocycles. The number of piperazine rings is 1. The number of halogens is 2. The van der Waals surface area contributed by atoms with E-state index in [9.17, 15) is 4.79 Å². The fraction of sp³-hybridized carbons (Fsp3) is 0.533. The van der Waals surface area contributed by atoms with E-state index in [1.54, 1.807) is 0 Å². The van der Waals surface area contributed by atoms with Gasteiger partial charge in [-0.1, -0.05) is 22.0 Å². The van der Waals surface area contributed by atoms with Gasteiger partial charge < -0.3 is 10.2 Å². The highest BCUT2D eigenvalue weighted by Crippen LogP contribution is 2.16. The van der Waals surface area contributed by atoms with E-state index in [0.29, 0.717) is 6.04 Å². The molecule has 1 atom stereocenters. The molecule has 1 unspecified atom stereocenters. The Hall–Kier alpha value is -0.620. The van der Waals surface area contributed by atoms with E-state index >= 15 is 0 Å². The molecule has 116 valence electrons. The zero-order valence-electron chi connectivity index (χ0n) is 11.9. The number of amides is 1. The molecule has 1 amide bonds. The summed E-state index contributed by atoms with van der Waals surface area (Å²) in [6.45, 7) is 5.88. The molecule has 2 fully saturated rings. The van der Waals surface area contributed by atoms with Crippen molar-refractivity contribution >= 4 is 34.2 Å². The van der Waals surface area contributed by atoms with Crippen LogP contribution in [0.1, 0.15) is 16.8 Å². The van der Waals surface area contributed by atoms with Gasteiger partial charge in [-0.05, 0) is 31.2 Å². The Morgan fingerprint density at radius 1 is 1.24 bits per heavy atom. The molecule has 21 heavy (non-hydrogen) atoms. The number of nitrogens with zero attached hydrogens (tertiary/aromatic N) is 2. The second kappa shape index (κ2) is 7.58. The van der Waals surface area contributed by atoms with E-state index in [4.69, 9.17) is 0 Å². The summed E-state index contributed by atoms with van der Waals surface area (Å²) < 4.78 is 0.957. The first kappa shape index (κ1) is 16.7. The van der Waals surface area contributed by atoms with Crippen molar-refractivity contribution < 1.29 is 4.79 Å². The molecular formula is C15H21BrClN3O. The van der Waals surface area contributed by atoms with Crippen molar-refractivity contribution in [2.24, 2.45) is 0 Å². The fourth-order valence-corrected chi connectivity index (χ4v) is 3.44. The maximum atomic E-state index is 12.5. The molecule has 1 N–H and O–H groups in total. The third kappa shape index (κ3) is 3.97. The van der Waals surface area contributed by atoms with E-state index in [1.165, 1.54) is 6.42 Å². The first-order valence-corrected chi connectivity index (χ1v) is 8.03. The number of benzene rings is 1. The SMILES string of the molecule is Cl.O=C(c1cccc(Br)c1)N1CCN(C2CCNC2)CC1. The van der Waals surface area contributed by atoms with E-state index < -0.39 is 0 Å². The number of nitrogens with one attached hydrogen (secondary N) is 1. The van der Waals surface area contributed by atoms with Crippen LogP contribution in [0, 0.1) is 0 Å². The summed E-state index contributed by atoms with van der Waals surface area (Å²) in [7, 11) is 0. The van der Waals surface area contributed by atoms with Crippen LogP contribution in [0.25, 0.3) is 0 Å². The topological polar surface area (TPSA) is 35.6 Å². The second-order valence-corrected chi connectivity index (χ2v) is 6.40. The quantitative estimate of drug-likeness (QED) is 0.860. The molecule has 2 saturated heterocycles. The summed E-state index contributed by atoms with van der Waals surface area (Å²) in [4.78, 5) is 16.9. The molecule has 0 spiro atoms. The van der Waals surface area contributed by atoms with Crippen molar-refractivity contribution in [1.82, 2.24) is 15.1 Å². The Morgan fingerprint density at radius 3 is 2.62 bits per heavy atom. The standard InChI is InChI=1S/C15H20BrN3O.ClH/c16-13-3-1-2-12(10-13)15(20)19-8-6-18(7-9-19)14-4-5-17-11-14;/h1-3,10,14,17H,4-9,11H2;1H. The third-order valence-corrected chi connectivity index (χ3v) is 4.72. The summed E-state index contributed by atoms with van der Waals surface area (Å²) in [5.41, 5.74) is 0.773. The van der Waals surface area contributed by atoms with Gasteiger partial charge in [0.1, 0.15) is 0 Å². The molecular weight excluding hydrogens is 354 g/mol. The molecule has 2 aliphatic rings. The lowest BCUT2D eigenvalue weighted by Gasteiger charge is -2.37. The highest BCUT2D eigenvalue weighted by atomic mass is 79.9. The van der Waals surface area contributed by atoms with E-state index in [-0.39, 0.29) is 18.3 Å². The lowest BCUT2D eigenvalue weighted by molar-refractivity contribution is 0.0584. The summed E-state index contributed by atoms with van der Waals surface area (Å²) >= 11 is 3.42. The first-order valence-electron chi connectivity index (χ1n) is 7.23. The number of carbonyl (C=O) groups excluding carboxylic acids is 1. The molecule has 6 heteroatoms. The van der Waals surface area contributed by atoms with Crippen molar-refractivity contribution in [1.29, 1.82) is 0 Å². The molecule has 0 bridgehead atoms. The molecule has 3 rings (SSSR count). The highest BCUT2D eigenvalue weighted by molar-refractivity contribution is 9.10. The maximum Gasteiger partial charge on any atom is 0.253 e. The van der Waals surface area contributed by atoms with Gasteiger partial charge in [-0.15, -0.1) is 12.4 Å².